The Bertz CT molecular complexity index is 875. The molecule has 26 heavy (non-hydrogen) atoms. The molecule has 2 aromatic rings. The minimum absolute atomic E-state index is 0.0193. The van der Waals surface area contributed by atoms with Gasteiger partial charge in [-0.2, -0.15) is 0 Å². The lowest BCUT2D eigenvalue weighted by Gasteiger charge is -2.21. The van der Waals surface area contributed by atoms with E-state index in [1.54, 1.807) is 0 Å². The first-order valence-corrected chi connectivity index (χ1v) is 9.51. The van der Waals surface area contributed by atoms with Crippen molar-refractivity contribution in [2.45, 2.75) is 3.79 Å². The van der Waals surface area contributed by atoms with Crippen molar-refractivity contribution in [3.63, 3.8) is 0 Å². The van der Waals surface area contributed by atoms with E-state index >= 15 is 0 Å². The van der Waals surface area contributed by atoms with Crippen LogP contribution in [0.1, 0.15) is 11.1 Å². The highest BCUT2D eigenvalue weighted by Crippen LogP contribution is 2.47. The van der Waals surface area contributed by atoms with Crippen molar-refractivity contribution in [3.05, 3.63) is 63.6 Å². The van der Waals surface area contributed by atoms with E-state index in [0.29, 0.717) is 11.3 Å². The van der Waals surface area contributed by atoms with Gasteiger partial charge >= 0.3 is 14.7 Å². The number of aliphatic carboxylic acids is 1. The summed E-state index contributed by atoms with van der Waals surface area (Å²) in [5, 5.41) is 9.95. The molecule has 0 amide bonds. The summed E-state index contributed by atoms with van der Waals surface area (Å²) in [7, 11) is -0.985. The first-order chi connectivity index (χ1) is 12.2. The van der Waals surface area contributed by atoms with Gasteiger partial charge in [0.15, 0.2) is 5.75 Å². The van der Waals surface area contributed by atoms with Crippen LogP contribution in [0.15, 0.2) is 42.5 Å². The quantitative estimate of drug-likeness (QED) is 0.228. The van der Waals surface area contributed by atoms with Crippen molar-refractivity contribution in [2.24, 2.45) is 0 Å². The highest BCUT2D eigenvalue weighted by molar-refractivity contribution is 7.17. The van der Waals surface area contributed by atoms with E-state index in [4.69, 9.17) is 62.5 Å². The number of allylic oxidation sites excluding steroid dienone is 1. The van der Waals surface area contributed by atoms with Crippen LogP contribution in [0, 0.1) is 0 Å². The fourth-order valence-corrected chi connectivity index (χ4v) is 3.48. The maximum atomic E-state index is 12.0. The van der Waals surface area contributed by atoms with Gasteiger partial charge in [-0.1, -0.05) is 82.3 Å². The molecule has 0 aliphatic rings. The average molecular weight is 473 g/mol. The van der Waals surface area contributed by atoms with E-state index < -0.39 is 18.4 Å². The molecule has 1 unspecified atom stereocenters. The lowest BCUT2D eigenvalue weighted by molar-refractivity contribution is -0.130. The third-order valence-electron chi connectivity index (χ3n) is 3.27. The van der Waals surface area contributed by atoms with Crippen molar-refractivity contribution in [3.8, 4) is 5.75 Å². The molecule has 0 aliphatic heterocycles. The number of hydrogen-bond acceptors (Lipinski definition) is 3. The second-order valence-electron chi connectivity index (χ2n) is 4.86. The zero-order chi connectivity index (χ0) is 19.5. The third kappa shape index (κ3) is 4.83. The van der Waals surface area contributed by atoms with Crippen molar-refractivity contribution >= 4 is 83.8 Å². The molecule has 10 heteroatoms. The third-order valence-corrected chi connectivity index (χ3v) is 4.98. The van der Waals surface area contributed by atoms with E-state index in [1.807, 2.05) is 0 Å². The van der Waals surface area contributed by atoms with Gasteiger partial charge in [-0.15, -0.1) is 0 Å². The molecule has 1 N–H and O–H groups in total. The number of carboxylic acids is 1. The summed E-state index contributed by atoms with van der Waals surface area (Å²) in [6.07, 6.45) is 0. The summed E-state index contributed by atoms with van der Waals surface area (Å²) in [5.41, 5.74) is 0.00143. The molecular weight excluding hydrogens is 464 g/mol. The fourth-order valence-electron chi connectivity index (χ4n) is 2.24. The largest absolute Gasteiger partial charge is 0.542 e. The highest BCUT2D eigenvalue weighted by atomic mass is 35.6. The molecule has 0 bridgehead atoms. The molecule has 0 saturated heterocycles. The van der Waals surface area contributed by atoms with Crippen LogP contribution in [0.2, 0.25) is 10.0 Å². The molecule has 2 rings (SSSR count). The molecule has 136 valence electrons. The number of benzene rings is 2. The smallest absolute Gasteiger partial charge is 0.478 e. The van der Waals surface area contributed by atoms with Crippen LogP contribution in [0.5, 0.6) is 5.75 Å². The number of carbonyl (C=O) groups is 1. The molecule has 4 nitrogen and oxygen atoms in total. The van der Waals surface area contributed by atoms with Crippen molar-refractivity contribution in [1.82, 2.24) is 0 Å². The summed E-state index contributed by atoms with van der Waals surface area (Å²) in [6.45, 7) is 0. The first kappa shape index (κ1) is 21.3. The summed E-state index contributed by atoms with van der Waals surface area (Å²) in [6, 6.07) is 10.4. The van der Waals surface area contributed by atoms with Gasteiger partial charge in [0.25, 0.3) is 0 Å². The topological polar surface area (TPSA) is 63.6 Å². The lowest BCUT2D eigenvalue weighted by atomic mass is 9.95. The van der Waals surface area contributed by atoms with E-state index in [0.717, 1.165) is 0 Å². The molecule has 2 aromatic carbocycles. The predicted octanol–water partition coefficient (Wildman–Crippen LogP) is 6.68. The molecule has 1 atom stereocenters. The SMILES string of the molecule is O=[PH+]Oc1ccc(C(=C(C(=O)O)c2cccc(Cl)c2Cl)C(Cl)(Cl)Cl)cc1. The van der Waals surface area contributed by atoms with E-state index in [9.17, 15) is 14.5 Å². The van der Waals surface area contributed by atoms with Crippen molar-refractivity contribution in [2.75, 3.05) is 0 Å². The monoisotopic (exact) mass is 471 g/mol. The molecule has 0 aliphatic carbocycles. The fraction of sp³-hybridized carbons (Fsp3) is 0.0625. The molecular formula is C16H9Cl5O4P+. The van der Waals surface area contributed by atoms with Crippen LogP contribution in [0.4, 0.5) is 0 Å². The van der Waals surface area contributed by atoms with Crippen LogP contribution < -0.4 is 4.52 Å². The van der Waals surface area contributed by atoms with Crippen LogP contribution in [0.25, 0.3) is 11.1 Å². The van der Waals surface area contributed by atoms with Gasteiger partial charge in [0.05, 0.1) is 15.6 Å². The average Bonchev–Trinajstić information content (AvgIpc) is 2.55. The normalized spacial score (nSPS) is 12.7. The van der Waals surface area contributed by atoms with Crippen molar-refractivity contribution < 1.29 is 19.0 Å². The van der Waals surface area contributed by atoms with Crippen LogP contribution in [-0.4, -0.2) is 14.9 Å². The highest BCUT2D eigenvalue weighted by Gasteiger charge is 2.34. The minimum atomic E-state index is -2.08. The van der Waals surface area contributed by atoms with E-state index in [1.165, 1.54) is 42.5 Å². The zero-order valence-corrected chi connectivity index (χ0v) is 17.4. The van der Waals surface area contributed by atoms with Gasteiger partial charge in [-0.3, -0.25) is 4.52 Å². The number of hydrogen-bond donors (Lipinski definition) is 1. The van der Waals surface area contributed by atoms with Gasteiger partial charge in [0, 0.05) is 11.1 Å². The second-order valence-corrected chi connectivity index (χ2v) is 8.30. The van der Waals surface area contributed by atoms with Gasteiger partial charge in [-0.05, 0) is 28.3 Å². The summed E-state index contributed by atoms with van der Waals surface area (Å²) >= 11 is 30.4. The number of rotatable bonds is 5. The predicted molar refractivity (Wildman–Crippen MR) is 107 cm³/mol. The Morgan fingerprint density at radius 1 is 1.04 bits per heavy atom. The Labute approximate surface area is 175 Å². The first-order valence-electron chi connectivity index (χ1n) is 6.80. The maximum Gasteiger partial charge on any atom is 0.542 e. The lowest BCUT2D eigenvalue weighted by Crippen LogP contribution is -2.14. The number of halogens is 5. The molecule has 0 saturated carbocycles. The van der Waals surface area contributed by atoms with Crippen molar-refractivity contribution in [1.29, 1.82) is 0 Å². The van der Waals surface area contributed by atoms with E-state index in [2.05, 4.69) is 0 Å². The number of alkyl halides is 3. The van der Waals surface area contributed by atoms with Crippen LogP contribution in [-0.2, 0) is 9.36 Å². The maximum absolute atomic E-state index is 12.0. The van der Waals surface area contributed by atoms with E-state index in [-0.39, 0.29) is 26.8 Å². The Morgan fingerprint density at radius 2 is 1.65 bits per heavy atom. The second kappa shape index (κ2) is 8.79. The molecule has 0 spiro atoms. The molecule has 0 aromatic heterocycles. The van der Waals surface area contributed by atoms with Gasteiger partial charge in [-0.25, -0.2) is 4.79 Å². The molecule has 0 fully saturated rings. The Balaban J connectivity index is 2.80. The minimum Gasteiger partial charge on any atom is -0.478 e. The molecule has 0 heterocycles. The zero-order valence-electron chi connectivity index (χ0n) is 12.6. The Morgan fingerprint density at radius 3 is 2.15 bits per heavy atom. The standard InChI is InChI=1S/C16H8Cl5O4P/c17-11-3-1-2-10(14(11)18)12(15(22)23)13(16(19,20)21)8-4-6-9(7-5-8)25-26-24/h1-7,26H/p+1. The van der Waals surface area contributed by atoms with Gasteiger partial charge < -0.3 is 5.11 Å². The summed E-state index contributed by atoms with van der Waals surface area (Å²) < 4.78 is 13.3. The Kier molecular flexibility index (Phi) is 7.20. The van der Waals surface area contributed by atoms with Gasteiger partial charge in [0.2, 0.25) is 3.79 Å². The summed E-state index contributed by atoms with van der Waals surface area (Å²) in [4.78, 5) is 12.0. The van der Waals surface area contributed by atoms with Crippen LogP contribution >= 0.6 is 66.7 Å². The number of carboxylic acid groups (broad SMARTS) is 1. The van der Waals surface area contributed by atoms with Gasteiger partial charge in [0.1, 0.15) is 0 Å². The Hall–Kier alpha value is -1.000. The molecule has 0 radical (unpaired) electrons. The summed E-state index contributed by atoms with van der Waals surface area (Å²) in [5.74, 6) is -1.04. The van der Waals surface area contributed by atoms with Crippen LogP contribution in [0.3, 0.4) is 0 Å².